The van der Waals surface area contributed by atoms with E-state index in [1.54, 1.807) is 0 Å². The Morgan fingerprint density at radius 3 is 3.44 bits per heavy atom. The van der Waals surface area contributed by atoms with Crippen LogP contribution in [-0.2, 0) is 4.74 Å². The molecule has 0 aromatic heterocycles. The van der Waals surface area contributed by atoms with E-state index in [0.717, 1.165) is 25.8 Å². The Kier molecular flexibility index (Phi) is 1.66. The van der Waals surface area contributed by atoms with Gasteiger partial charge in [-0.15, -0.1) is 11.8 Å². The summed E-state index contributed by atoms with van der Waals surface area (Å²) < 4.78 is 5.33. The lowest BCUT2D eigenvalue weighted by Gasteiger charge is -2.27. The maximum Gasteiger partial charge on any atom is 0.0630 e. The molecule has 0 aromatic carbocycles. The molecule has 1 unspecified atom stereocenters. The van der Waals surface area contributed by atoms with Gasteiger partial charge in [0, 0.05) is 24.2 Å². The van der Waals surface area contributed by atoms with E-state index in [1.165, 1.54) is 11.6 Å². The van der Waals surface area contributed by atoms with Gasteiger partial charge in [0.1, 0.15) is 0 Å². The van der Waals surface area contributed by atoms with Crippen LogP contribution >= 0.6 is 11.8 Å². The van der Waals surface area contributed by atoms with Crippen LogP contribution in [0, 0.1) is 0 Å². The third kappa shape index (κ3) is 1.09. The minimum Gasteiger partial charge on any atom is -0.378 e. The number of hydrogen-bond acceptors (Lipinski definition) is 3. The second-order valence-electron chi connectivity index (χ2n) is 2.54. The van der Waals surface area contributed by atoms with E-state index in [9.17, 15) is 0 Å². The number of rotatable bonds is 0. The molecule has 2 saturated heterocycles. The molecule has 0 aliphatic carbocycles. The molecule has 9 heavy (non-hydrogen) atoms. The first-order chi connectivity index (χ1) is 4.47. The quantitative estimate of drug-likeness (QED) is 0.489. The van der Waals surface area contributed by atoms with Crippen molar-refractivity contribution in [3.8, 4) is 0 Å². The van der Waals surface area contributed by atoms with Crippen molar-refractivity contribution in [1.29, 1.82) is 0 Å². The van der Waals surface area contributed by atoms with Crippen LogP contribution in [0.4, 0.5) is 0 Å². The highest BCUT2D eigenvalue weighted by atomic mass is 32.2. The summed E-state index contributed by atoms with van der Waals surface area (Å²) in [5.41, 5.74) is 0. The van der Waals surface area contributed by atoms with Crippen LogP contribution in [-0.4, -0.2) is 42.3 Å². The predicted octanol–water partition coefficient (Wildman–Crippen LogP) is 0.391. The molecular weight excluding hydrogens is 134 g/mol. The van der Waals surface area contributed by atoms with E-state index in [-0.39, 0.29) is 0 Å². The first kappa shape index (κ1) is 6.01. The largest absolute Gasteiger partial charge is 0.378 e. The molecule has 0 aromatic rings. The molecule has 2 nitrogen and oxygen atoms in total. The summed E-state index contributed by atoms with van der Waals surface area (Å²) in [6, 6.07) is 0.740. The molecule has 2 aliphatic rings. The van der Waals surface area contributed by atoms with Crippen molar-refractivity contribution < 1.29 is 4.74 Å². The average Bonchev–Trinajstić information content (AvgIpc) is 2.33. The Bertz CT molecular complexity index is 97.2. The first-order valence-corrected chi connectivity index (χ1v) is 4.52. The van der Waals surface area contributed by atoms with Gasteiger partial charge in [0.05, 0.1) is 13.2 Å². The van der Waals surface area contributed by atoms with Crippen molar-refractivity contribution in [2.45, 2.75) is 6.04 Å². The lowest BCUT2D eigenvalue weighted by atomic mass is 10.3. The van der Waals surface area contributed by atoms with Gasteiger partial charge in [0.2, 0.25) is 0 Å². The topological polar surface area (TPSA) is 12.5 Å². The zero-order valence-electron chi connectivity index (χ0n) is 5.38. The standard InChI is InChI=1S/C6H11NOS/c1-2-8-3-6-4-9-5-7(1)6/h6H,1-5H2. The summed E-state index contributed by atoms with van der Waals surface area (Å²) >= 11 is 2.03. The number of nitrogens with zero attached hydrogens (tertiary/aromatic N) is 1. The SMILES string of the molecule is C1CN2CSCC2CO1. The summed E-state index contributed by atoms with van der Waals surface area (Å²) in [5.74, 6) is 2.51. The van der Waals surface area contributed by atoms with Crippen LogP contribution in [0.15, 0.2) is 0 Å². The normalized spacial score (nSPS) is 36.7. The van der Waals surface area contributed by atoms with Crippen molar-refractivity contribution in [2.75, 3.05) is 31.4 Å². The van der Waals surface area contributed by atoms with Gasteiger partial charge >= 0.3 is 0 Å². The summed E-state index contributed by atoms with van der Waals surface area (Å²) in [5, 5.41) is 0. The van der Waals surface area contributed by atoms with E-state index >= 15 is 0 Å². The summed E-state index contributed by atoms with van der Waals surface area (Å²) in [4.78, 5) is 2.51. The van der Waals surface area contributed by atoms with Crippen LogP contribution in [0.5, 0.6) is 0 Å². The second-order valence-corrected chi connectivity index (χ2v) is 3.54. The summed E-state index contributed by atoms with van der Waals surface area (Å²) in [6.07, 6.45) is 0. The van der Waals surface area contributed by atoms with Crippen LogP contribution in [0.3, 0.4) is 0 Å². The smallest absolute Gasteiger partial charge is 0.0630 e. The van der Waals surface area contributed by atoms with E-state index in [2.05, 4.69) is 4.90 Å². The van der Waals surface area contributed by atoms with E-state index in [0.29, 0.717) is 0 Å². The molecule has 2 fully saturated rings. The Labute approximate surface area is 59.5 Å². The molecule has 0 saturated carbocycles. The summed E-state index contributed by atoms with van der Waals surface area (Å²) in [6.45, 7) is 3.06. The van der Waals surface area contributed by atoms with Crippen LogP contribution < -0.4 is 0 Å². The molecule has 0 N–H and O–H groups in total. The minimum atomic E-state index is 0.740. The van der Waals surface area contributed by atoms with Crippen molar-refractivity contribution >= 4 is 11.8 Å². The van der Waals surface area contributed by atoms with Crippen molar-refractivity contribution in [3.05, 3.63) is 0 Å². The number of ether oxygens (including phenoxy) is 1. The molecule has 0 bridgehead atoms. The molecule has 0 radical (unpaired) electrons. The number of thioether (sulfide) groups is 1. The van der Waals surface area contributed by atoms with Gasteiger partial charge < -0.3 is 4.74 Å². The fourth-order valence-electron chi connectivity index (χ4n) is 1.32. The fourth-order valence-corrected chi connectivity index (χ4v) is 2.58. The molecule has 52 valence electrons. The zero-order valence-corrected chi connectivity index (χ0v) is 6.19. The van der Waals surface area contributed by atoms with Gasteiger partial charge in [-0.1, -0.05) is 0 Å². The number of morpholine rings is 1. The molecule has 2 aliphatic heterocycles. The third-order valence-corrected chi connectivity index (χ3v) is 3.05. The number of hydrogen-bond donors (Lipinski definition) is 0. The lowest BCUT2D eigenvalue weighted by Crippen LogP contribution is -2.41. The van der Waals surface area contributed by atoms with Crippen molar-refractivity contribution in [3.63, 3.8) is 0 Å². The van der Waals surface area contributed by atoms with Gasteiger partial charge in [-0.05, 0) is 0 Å². The Balaban J connectivity index is 1.97. The van der Waals surface area contributed by atoms with Gasteiger partial charge in [-0.3, -0.25) is 4.90 Å². The molecule has 1 atom stereocenters. The maximum absolute atomic E-state index is 5.33. The van der Waals surface area contributed by atoms with Gasteiger partial charge in [-0.2, -0.15) is 0 Å². The highest BCUT2D eigenvalue weighted by Crippen LogP contribution is 2.22. The molecule has 0 amide bonds. The third-order valence-electron chi connectivity index (χ3n) is 1.92. The minimum absolute atomic E-state index is 0.740. The number of fused-ring (bicyclic) bond motifs is 1. The molecule has 2 rings (SSSR count). The van der Waals surface area contributed by atoms with E-state index in [4.69, 9.17) is 4.74 Å². The van der Waals surface area contributed by atoms with Crippen LogP contribution in [0.25, 0.3) is 0 Å². The monoisotopic (exact) mass is 145 g/mol. The highest BCUT2D eigenvalue weighted by Gasteiger charge is 2.27. The second kappa shape index (κ2) is 2.48. The first-order valence-electron chi connectivity index (χ1n) is 3.36. The zero-order chi connectivity index (χ0) is 6.10. The Morgan fingerprint density at radius 2 is 2.56 bits per heavy atom. The van der Waals surface area contributed by atoms with Gasteiger partial charge in [-0.25, -0.2) is 0 Å². The predicted molar refractivity (Wildman–Crippen MR) is 38.6 cm³/mol. The Morgan fingerprint density at radius 1 is 1.56 bits per heavy atom. The van der Waals surface area contributed by atoms with Gasteiger partial charge in [0.25, 0.3) is 0 Å². The van der Waals surface area contributed by atoms with Crippen LogP contribution in [0.1, 0.15) is 0 Å². The highest BCUT2D eigenvalue weighted by molar-refractivity contribution is 7.99. The fraction of sp³-hybridized carbons (Fsp3) is 1.00. The molecular formula is C6H11NOS. The van der Waals surface area contributed by atoms with Crippen molar-refractivity contribution in [1.82, 2.24) is 4.90 Å². The summed E-state index contributed by atoms with van der Waals surface area (Å²) in [7, 11) is 0. The Hall–Kier alpha value is 0.270. The van der Waals surface area contributed by atoms with Crippen LogP contribution in [0.2, 0.25) is 0 Å². The van der Waals surface area contributed by atoms with E-state index < -0.39 is 0 Å². The average molecular weight is 145 g/mol. The van der Waals surface area contributed by atoms with Crippen molar-refractivity contribution in [2.24, 2.45) is 0 Å². The maximum atomic E-state index is 5.33. The molecule has 0 spiro atoms. The van der Waals surface area contributed by atoms with Gasteiger partial charge in [0.15, 0.2) is 0 Å². The van der Waals surface area contributed by atoms with E-state index in [1.807, 2.05) is 11.8 Å². The lowest BCUT2D eigenvalue weighted by molar-refractivity contribution is 0.0167. The molecule has 2 heterocycles. The molecule has 3 heteroatoms.